The monoisotopic (exact) mass is 243 g/mol. The number of rotatable bonds is 2. The smallest absolute Gasteiger partial charge is 0.550 e. The molecule has 1 heterocycles. The first-order valence-electron chi connectivity index (χ1n) is 3.78. The molecular weight excluding hydrogens is 233 g/mol. The van der Waals surface area contributed by atoms with Crippen LogP contribution >= 0.6 is 11.8 Å². The minimum Gasteiger partial charge on any atom is -0.550 e. The van der Waals surface area contributed by atoms with Crippen molar-refractivity contribution in [2.45, 2.75) is 24.6 Å². The molecule has 1 rings (SSSR count). The molecule has 4 nitrogen and oxygen atoms in total. The number of thioether (sulfide) groups is 1. The van der Waals surface area contributed by atoms with Crippen LogP contribution in [0.2, 0.25) is 0 Å². The van der Waals surface area contributed by atoms with Gasteiger partial charge in [0.1, 0.15) is 0 Å². The van der Waals surface area contributed by atoms with E-state index in [4.69, 9.17) is 0 Å². The third-order valence-electron chi connectivity index (χ3n) is 1.71. The summed E-state index contributed by atoms with van der Waals surface area (Å²) in [7, 11) is -1.10. The number of aliphatic carboxylic acids is 1. The first kappa shape index (κ1) is 14.6. The zero-order chi connectivity index (χ0) is 10.0. The Balaban J connectivity index is 0.00000169. The van der Waals surface area contributed by atoms with Gasteiger partial charge in [-0.15, -0.1) is 0 Å². The summed E-state index contributed by atoms with van der Waals surface area (Å²) < 4.78 is 11.6. The van der Waals surface area contributed by atoms with E-state index in [1.165, 1.54) is 11.8 Å². The molecule has 0 aromatic carbocycles. The average molecular weight is 243 g/mol. The molecule has 0 aromatic heterocycles. The van der Waals surface area contributed by atoms with Crippen LogP contribution in [-0.2, 0) is 15.6 Å². The van der Waals surface area contributed by atoms with Gasteiger partial charge in [-0.05, 0) is 6.92 Å². The van der Waals surface area contributed by atoms with Gasteiger partial charge in [-0.1, -0.05) is 11.8 Å². The van der Waals surface area contributed by atoms with Crippen molar-refractivity contribution in [2.75, 3.05) is 6.26 Å². The van der Waals surface area contributed by atoms with E-state index in [1.54, 1.807) is 6.26 Å². The van der Waals surface area contributed by atoms with Crippen LogP contribution in [0, 0.1) is 0 Å². The van der Waals surface area contributed by atoms with Crippen molar-refractivity contribution in [1.29, 1.82) is 0 Å². The molecule has 14 heavy (non-hydrogen) atoms. The summed E-state index contributed by atoms with van der Waals surface area (Å²) in [6.45, 7) is 1.82. The van der Waals surface area contributed by atoms with Gasteiger partial charge in [0, 0.05) is 23.9 Å². The fourth-order valence-electron chi connectivity index (χ4n) is 1.03. The van der Waals surface area contributed by atoms with Crippen LogP contribution in [0.5, 0.6) is 0 Å². The van der Waals surface area contributed by atoms with Crippen LogP contribution in [0.15, 0.2) is 4.99 Å². The predicted molar refractivity (Wildman–Crippen MR) is 52.0 cm³/mol. The van der Waals surface area contributed by atoms with E-state index in [9.17, 15) is 14.1 Å². The van der Waals surface area contributed by atoms with Crippen LogP contribution in [0.1, 0.15) is 13.3 Å². The zero-order valence-electron chi connectivity index (χ0n) is 8.35. The van der Waals surface area contributed by atoms with Crippen molar-refractivity contribution >= 4 is 32.9 Å². The Morgan fingerprint density at radius 1 is 1.71 bits per heavy atom. The summed E-state index contributed by atoms with van der Waals surface area (Å²) in [6.07, 6.45) is 1.51. The van der Waals surface area contributed by atoms with E-state index < -0.39 is 16.8 Å². The molecule has 3 atom stereocenters. The van der Waals surface area contributed by atoms with E-state index in [0.717, 1.165) is 0 Å². The van der Waals surface area contributed by atoms with Crippen molar-refractivity contribution in [3.8, 4) is 0 Å². The van der Waals surface area contributed by atoms with Gasteiger partial charge in [-0.3, -0.25) is 9.20 Å². The van der Waals surface area contributed by atoms with Gasteiger partial charge in [-0.2, -0.15) is 0 Å². The SMILES string of the molecule is CC1N=C(S(C)=O)SC1CC(=O)[O-].[Na+]. The molecule has 0 fully saturated rings. The number of hydrogen-bond donors (Lipinski definition) is 0. The summed E-state index contributed by atoms with van der Waals surface area (Å²) in [5.74, 6) is -1.08. The van der Waals surface area contributed by atoms with E-state index in [2.05, 4.69) is 4.99 Å². The van der Waals surface area contributed by atoms with Crippen LogP contribution in [0.3, 0.4) is 0 Å². The summed E-state index contributed by atoms with van der Waals surface area (Å²) in [4.78, 5) is 14.4. The number of carbonyl (C=O) groups is 1. The van der Waals surface area contributed by atoms with E-state index in [-0.39, 0.29) is 47.3 Å². The Morgan fingerprint density at radius 2 is 2.29 bits per heavy atom. The van der Waals surface area contributed by atoms with Gasteiger partial charge in [0.25, 0.3) is 0 Å². The predicted octanol–water partition coefficient (Wildman–Crippen LogP) is -3.63. The molecular formula is C7H10NNaO3S2. The molecule has 7 heteroatoms. The Kier molecular flexibility index (Phi) is 6.56. The molecule has 0 saturated heterocycles. The second-order valence-corrected chi connectivity index (χ2v) is 5.60. The van der Waals surface area contributed by atoms with Crippen molar-refractivity contribution in [1.82, 2.24) is 0 Å². The van der Waals surface area contributed by atoms with E-state index in [1.807, 2.05) is 6.92 Å². The normalized spacial score (nSPS) is 27.7. The molecule has 0 N–H and O–H groups in total. The molecule has 3 unspecified atom stereocenters. The summed E-state index contributed by atoms with van der Waals surface area (Å²) in [5.41, 5.74) is 0. The van der Waals surface area contributed by atoms with Gasteiger partial charge in [0.05, 0.1) is 16.8 Å². The maximum absolute atomic E-state index is 11.0. The summed E-state index contributed by atoms with van der Waals surface area (Å²) in [6, 6.07) is -0.0817. The van der Waals surface area contributed by atoms with Gasteiger partial charge in [-0.25, -0.2) is 0 Å². The minimum absolute atomic E-state index is 0. The second kappa shape index (κ2) is 6.27. The largest absolute Gasteiger partial charge is 1.00 e. The third-order valence-corrected chi connectivity index (χ3v) is 4.47. The van der Waals surface area contributed by atoms with Gasteiger partial charge in [0.15, 0.2) is 4.38 Å². The van der Waals surface area contributed by atoms with Crippen LogP contribution < -0.4 is 34.7 Å². The number of aliphatic imine (C=N–C) groups is 1. The number of hydrogen-bond acceptors (Lipinski definition) is 5. The van der Waals surface area contributed by atoms with Crippen molar-refractivity contribution < 1.29 is 43.7 Å². The fraction of sp³-hybridized carbons (Fsp3) is 0.714. The van der Waals surface area contributed by atoms with E-state index in [0.29, 0.717) is 4.38 Å². The van der Waals surface area contributed by atoms with Gasteiger partial charge >= 0.3 is 29.6 Å². The summed E-state index contributed by atoms with van der Waals surface area (Å²) >= 11 is 1.28. The zero-order valence-corrected chi connectivity index (χ0v) is 12.0. The first-order chi connectivity index (χ1) is 6.00. The molecule has 0 amide bonds. The molecule has 0 spiro atoms. The van der Waals surface area contributed by atoms with Crippen LogP contribution in [0.4, 0.5) is 0 Å². The molecule has 1 aliphatic heterocycles. The standard InChI is InChI=1S/C7H11NO3S2.Na/c1-4-5(3-6(9)10)12-7(8-4)13(2)11;/h4-5H,3H2,1-2H3,(H,9,10);/q;+1/p-1. The number of nitrogens with zero attached hydrogens (tertiary/aromatic N) is 1. The van der Waals surface area contributed by atoms with Crippen LogP contribution in [-0.4, -0.2) is 32.1 Å². The van der Waals surface area contributed by atoms with Crippen LogP contribution in [0.25, 0.3) is 0 Å². The van der Waals surface area contributed by atoms with Crippen molar-refractivity contribution in [3.63, 3.8) is 0 Å². The van der Waals surface area contributed by atoms with Crippen molar-refractivity contribution in [3.05, 3.63) is 0 Å². The summed E-state index contributed by atoms with van der Waals surface area (Å²) in [5, 5.41) is 10.2. The Labute approximate surface area is 112 Å². The molecule has 1 aliphatic rings. The van der Waals surface area contributed by atoms with Gasteiger partial charge in [0.2, 0.25) is 0 Å². The van der Waals surface area contributed by atoms with Crippen molar-refractivity contribution in [2.24, 2.45) is 4.99 Å². The topological polar surface area (TPSA) is 69.6 Å². The fourth-order valence-corrected chi connectivity index (χ4v) is 3.22. The average Bonchev–Trinajstić information content (AvgIpc) is 2.31. The molecule has 0 aromatic rings. The maximum Gasteiger partial charge on any atom is 1.00 e. The van der Waals surface area contributed by atoms with E-state index >= 15 is 0 Å². The molecule has 0 radical (unpaired) electrons. The minimum atomic E-state index is -1.10. The molecule has 0 bridgehead atoms. The number of carboxylic acids is 1. The second-order valence-electron chi connectivity index (χ2n) is 2.82. The number of carbonyl (C=O) groups excluding carboxylic acids is 1. The molecule has 0 aliphatic carbocycles. The Morgan fingerprint density at radius 3 is 2.64 bits per heavy atom. The van der Waals surface area contributed by atoms with Gasteiger partial charge < -0.3 is 9.90 Å². The molecule has 0 saturated carbocycles. The first-order valence-corrected chi connectivity index (χ1v) is 6.22. The number of carboxylic acid groups (broad SMARTS) is 1. The Bertz CT molecular complexity index is 282. The molecule has 74 valence electrons. The third kappa shape index (κ3) is 4.02. The maximum atomic E-state index is 11.0. The Hall–Kier alpha value is 0.640. The quantitative estimate of drug-likeness (QED) is 0.469.